The number of benzene rings is 1. The summed E-state index contributed by atoms with van der Waals surface area (Å²) in [5.41, 5.74) is 6.69. The SMILES string of the molecule is CC(C)(C)C(C[C@@H](F)CN)c1nc(-c2ccccc2)cn1Cc1ccc(C(F)(F)F)o1. The van der Waals surface area contributed by atoms with Crippen molar-refractivity contribution in [3.8, 4) is 11.3 Å². The van der Waals surface area contributed by atoms with Gasteiger partial charge < -0.3 is 14.7 Å². The van der Waals surface area contributed by atoms with Crippen LogP contribution in [-0.2, 0) is 12.7 Å². The highest BCUT2D eigenvalue weighted by Gasteiger charge is 2.36. The molecule has 3 rings (SSSR count). The van der Waals surface area contributed by atoms with E-state index in [2.05, 4.69) is 0 Å². The number of hydrogen-bond donors (Lipinski definition) is 1. The summed E-state index contributed by atoms with van der Waals surface area (Å²) in [6.07, 6.45) is -3.83. The zero-order valence-electron chi connectivity index (χ0n) is 17.8. The van der Waals surface area contributed by atoms with Gasteiger partial charge in [0.15, 0.2) is 0 Å². The van der Waals surface area contributed by atoms with Crippen molar-refractivity contribution < 1.29 is 22.0 Å². The van der Waals surface area contributed by atoms with E-state index in [0.29, 0.717) is 11.5 Å². The quantitative estimate of drug-likeness (QED) is 0.460. The van der Waals surface area contributed by atoms with Crippen molar-refractivity contribution in [1.29, 1.82) is 0 Å². The molecule has 0 aliphatic carbocycles. The highest BCUT2D eigenvalue weighted by molar-refractivity contribution is 5.58. The van der Waals surface area contributed by atoms with Gasteiger partial charge in [0.2, 0.25) is 5.76 Å². The fraction of sp³-hybridized carbons (Fsp3) is 0.435. The third kappa shape index (κ3) is 5.55. The molecule has 0 saturated heterocycles. The first-order valence-electron chi connectivity index (χ1n) is 10.1. The van der Waals surface area contributed by atoms with E-state index in [4.69, 9.17) is 15.1 Å². The van der Waals surface area contributed by atoms with Crippen LogP contribution in [0.5, 0.6) is 0 Å². The van der Waals surface area contributed by atoms with Crippen LogP contribution >= 0.6 is 0 Å². The number of nitrogens with zero attached hydrogens (tertiary/aromatic N) is 2. The molecule has 0 radical (unpaired) electrons. The van der Waals surface area contributed by atoms with Gasteiger partial charge in [0.05, 0.1) is 12.2 Å². The molecule has 0 amide bonds. The van der Waals surface area contributed by atoms with Gasteiger partial charge in [-0.25, -0.2) is 9.37 Å². The minimum absolute atomic E-state index is 0.0530. The molecule has 2 atom stereocenters. The summed E-state index contributed by atoms with van der Waals surface area (Å²) >= 11 is 0. The molecular weight excluding hydrogens is 410 g/mol. The molecule has 31 heavy (non-hydrogen) atoms. The van der Waals surface area contributed by atoms with E-state index >= 15 is 0 Å². The average molecular weight is 437 g/mol. The van der Waals surface area contributed by atoms with Crippen LogP contribution in [0.1, 0.15) is 50.5 Å². The Hall–Kier alpha value is -2.61. The summed E-state index contributed by atoms with van der Waals surface area (Å²) in [5.74, 6) is -0.617. The Kier molecular flexibility index (Phi) is 6.59. The lowest BCUT2D eigenvalue weighted by Gasteiger charge is -2.31. The molecule has 0 fully saturated rings. The molecule has 0 saturated carbocycles. The van der Waals surface area contributed by atoms with Crippen molar-refractivity contribution >= 4 is 0 Å². The van der Waals surface area contributed by atoms with Crippen molar-refractivity contribution in [2.75, 3.05) is 6.54 Å². The van der Waals surface area contributed by atoms with Crippen molar-refractivity contribution in [1.82, 2.24) is 9.55 Å². The lowest BCUT2D eigenvalue weighted by Crippen LogP contribution is -2.28. The topological polar surface area (TPSA) is 57.0 Å². The number of furan rings is 1. The fourth-order valence-electron chi connectivity index (χ4n) is 3.56. The Labute approximate surface area is 179 Å². The van der Waals surface area contributed by atoms with E-state index in [1.165, 1.54) is 6.07 Å². The average Bonchev–Trinajstić information content (AvgIpc) is 3.33. The summed E-state index contributed by atoms with van der Waals surface area (Å²) in [6.45, 7) is 5.90. The van der Waals surface area contributed by atoms with Crippen LogP contribution in [0.25, 0.3) is 11.3 Å². The zero-order valence-corrected chi connectivity index (χ0v) is 17.8. The smallest absolute Gasteiger partial charge is 0.449 e. The second-order valence-electron chi connectivity index (χ2n) is 8.73. The maximum atomic E-state index is 14.3. The molecule has 0 bridgehead atoms. The number of imidazole rings is 1. The number of nitrogens with two attached hydrogens (primary N) is 1. The van der Waals surface area contributed by atoms with Gasteiger partial charge in [-0.2, -0.15) is 13.2 Å². The Morgan fingerprint density at radius 3 is 2.29 bits per heavy atom. The van der Waals surface area contributed by atoms with Crippen LogP contribution in [0.4, 0.5) is 17.6 Å². The molecule has 4 nitrogen and oxygen atoms in total. The van der Waals surface area contributed by atoms with Gasteiger partial charge in [0, 0.05) is 24.2 Å². The maximum Gasteiger partial charge on any atom is 0.449 e. The predicted octanol–water partition coefficient (Wildman–Crippen LogP) is 6.03. The number of alkyl halides is 4. The van der Waals surface area contributed by atoms with Gasteiger partial charge >= 0.3 is 6.18 Å². The van der Waals surface area contributed by atoms with E-state index in [1.807, 2.05) is 51.1 Å². The van der Waals surface area contributed by atoms with E-state index in [-0.39, 0.29) is 36.6 Å². The lowest BCUT2D eigenvalue weighted by molar-refractivity contribution is -0.153. The van der Waals surface area contributed by atoms with Crippen molar-refractivity contribution in [2.45, 2.75) is 52.0 Å². The largest absolute Gasteiger partial charge is 0.455 e. The van der Waals surface area contributed by atoms with Crippen LogP contribution in [-0.4, -0.2) is 22.3 Å². The molecule has 0 aliphatic heterocycles. The number of rotatable bonds is 7. The molecule has 3 aromatic rings. The second kappa shape index (κ2) is 8.86. The Balaban J connectivity index is 2.05. The number of aromatic nitrogens is 2. The Bertz CT molecular complexity index is 986. The van der Waals surface area contributed by atoms with E-state index < -0.39 is 18.1 Å². The van der Waals surface area contributed by atoms with Gasteiger partial charge in [0.1, 0.15) is 17.8 Å². The molecule has 0 spiro atoms. The molecule has 2 N–H and O–H groups in total. The maximum absolute atomic E-state index is 14.3. The number of halogens is 4. The standard InChI is InChI=1S/C23H27F4N3O/c1-22(2,3)18(11-16(24)12-28)21-29-19(15-7-5-4-6-8-15)14-30(21)13-17-9-10-20(31-17)23(25,26)27/h4-10,14,16,18H,11-13,28H2,1-3H3/t16-,18?/m1/s1. The number of hydrogen-bond acceptors (Lipinski definition) is 3. The minimum Gasteiger partial charge on any atom is -0.455 e. The lowest BCUT2D eigenvalue weighted by atomic mass is 9.77. The molecule has 2 aromatic heterocycles. The second-order valence-corrected chi connectivity index (χ2v) is 8.73. The van der Waals surface area contributed by atoms with Crippen LogP contribution in [0, 0.1) is 5.41 Å². The normalized spacial score (nSPS) is 14.6. The molecular formula is C23H27F4N3O. The molecule has 1 aromatic carbocycles. The van der Waals surface area contributed by atoms with Crippen LogP contribution in [0.2, 0.25) is 0 Å². The highest BCUT2D eigenvalue weighted by atomic mass is 19.4. The molecule has 0 aliphatic rings. The van der Waals surface area contributed by atoms with Crippen molar-refractivity contribution in [3.05, 3.63) is 66.0 Å². The summed E-state index contributed by atoms with van der Waals surface area (Å²) < 4.78 is 59.9. The van der Waals surface area contributed by atoms with Crippen LogP contribution in [0.3, 0.4) is 0 Å². The molecule has 2 heterocycles. The molecule has 1 unspecified atom stereocenters. The van der Waals surface area contributed by atoms with Gasteiger partial charge in [-0.3, -0.25) is 0 Å². The van der Waals surface area contributed by atoms with Crippen molar-refractivity contribution in [3.63, 3.8) is 0 Å². The van der Waals surface area contributed by atoms with Crippen LogP contribution in [0.15, 0.2) is 53.1 Å². The third-order valence-electron chi connectivity index (χ3n) is 5.25. The fourth-order valence-corrected chi connectivity index (χ4v) is 3.56. The molecule has 168 valence electrons. The third-order valence-corrected chi connectivity index (χ3v) is 5.25. The minimum atomic E-state index is -4.55. The van der Waals surface area contributed by atoms with Crippen molar-refractivity contribution in [2.24, 2.45) is 11.1 Å². The first-order valence-corrected chi connectivity index (χ1v) is 10.1. The predicted molar refractivity (Wildman–Crippen MR) is 111 cm³/mol. The van der Waals surface area contributed by atoms with Crippen LogP contribution < -0.4 is 5.73 Å². The summed E-state index contributed by atoms with van der Waals surface area (Å²) in [4.78, 5) is 4.78. The first-order chi connectivity index (χ1) is 14.5. The van der Waals surface area contributed by atoms with Gasteiger partial charge in [-0.15, -0.1) is 0 Å². The van der Waals surface area contributed by atoms with E-state index in [0.717, 1.165) is 11.6 Å². The summed E-state index contributed by atoms with van der Waals surface area (Å²) in [6, 6.07) is 11.7. The Morgan fingerprint density at radius 2 is 1.74 bits per heavy atom. The van der Waals surface area contributed by atoms with Gasteiger partial charge in [-0.05, 0) is 24.0 Å². The molecule has 8 heteroatoms. The Morgan fingerprint density at radius 1 is 1.06 bits per heavy atom. The zero-order chi connectivity index (χ0) is 22.8. The van der Waals surface area contributed by atoms with Gasteiger partial charge in [-0.1, -0.05) is 51.1 Å². The van der Waals surface area contributed by atoms with E-state index in [9.17, 15) is 17.6 Å². The summed E-state index contributed by atoms with van der Waals surface area (Å²) in [7, 11) is 0. The van der Waals surface area contributed by atoms with E-state index in [1.54, 1.807) is 10.8 Å². The van der Waals surface area contributed by atoms with Gasteiger partial charge in [0.25, 0.3) is 0 Å². The highest BCUT2D eigenvalue weighted by Crippen LogP contribution is 2.40. The summed E-state index contributed by atoms with van der Waals surface area (Å²) in [5, 5.41) is 0. The monoisotopic (exact) mass is 437 g/mol. The first kappa shape index (κ1) is 23.1.